The molecule has 1 aliphatic heterocycles. The summed E-state index contributed by atoms with van der Waals surface area (Å²) in [6, 6.07) is 14.2. The lowest BCUT2D eigenvalue weighted by Crippen LogP contribution is -2.44. The van der Waals surface area contributed by atoms with E-state index < -0.39 is 0 Å². The van der Waals surface area contributed by atoms with Crippen LogP contribution in [0.5, 0.6) is 0 Å². The van der Waals surface area contributed by atoms with E-state index in [9.17, 15) is 4.79 Å². The van der Waals surface area contributed by atoms with Gasteiger partial charge in [0.15, 0.2) is 11.7 Å². The number of amides is 1. The van der Waals surface area contributed by atoms with Gasteiger partial charge >= 0.3 is 0 Å². The Morgan fingerprint density at radius 3 is 2.69 bits per heavy atom. The molecule has 1 aliphatic rings. The summed E-state index contributed by atoms with van der Waals surface area (Å²) in [5, 5.41) is 3.16. The third kappa shape index (κ3) is 5.51. The van der Waals surface area contributed by atoms with Gasteiger partial charge in [-0.25, -0.2) is 4.98 Å². The molecule has 0 bridgehead atoms. The molecule has 4 rings (SSSR count). The van der Waals surface area contributed by atoms with Crippen LogP contribution in [0.4, 0.5) is 0 Å². The van der Waals surface area contributed by atoms with Crippen LogP contribution in [-0.2, 0) is 17.8 Å². The summed E-state index contributed by atoms with van der Waals surface area (Å²) in [7, 11) is 0. The van der Waals surface area contributed by atoms with Crippen LogP contribution in [0.1, 0.15) is 30.7 Å². The lowest BCUT2D eigenvalue weighted by molar-refractivity contribution is -0.122. The Bertz CT molecular complexity index is 903. The van der Waals surface area contributed by atoms with Crippen LogP contribution in [0.3, 0.4) is 0 Å². The summed E-state index contributed by atoms with van der Waals surface area (Å²) in [6.45, 7) is 2.89. The molecule has 1 N–H and O–H groups in total. The fourth-order valence-electron chi connectivity index (χ4n) is 3.67. The number of rotatable bonds is 7. The van der Waals surface area contributed by atoms with Gasteiger partial charge in [0.05, 0.1) is 6.20 Å². The zero-order chi connectivity index (χ0) is 19.9. The fraction of sp³-hybridized carbons (Fsp3) is 0.348. The second kappa shape index (κ2) is 9.47. The molecule has 3 aromatic rings. The summed E-state index contributed by atoms with van der Waals surface area (Å²) in [6.07, 6.45) is 8.29. The largest absolute Gasteiger partial charge is 0.441 e. The monoisotopic (exact) mass is 390 g/mol. The van der Waals surface area contributed by atoms with Gasteiger partial charge in [-0.3, -0.25) is 14.7 Å². The maximum absolute atomic E-state index is 12.3. The van der Waals surface area contributed by atoms with Gasteiger partial charge in [0.25, 0.3) is 0 Å². The molecule has 0 saturated carbocycles. The van der Waals surface area contributed by atoms with Crippen molar-refractivity contribution in [1.29, 1.82) is 0 Å². The third-order valence-corrected chi connectivity index (χ3v) is 5.26. The zero-order valence-electron chi connectivity index (χ0n) is 16.5. The van der Waals surface area contributed by atoms with Gasteiger partial charge in [-0.05, 0) is 24.5 Å². The first-order valence-corrected chi connectivity index (χ1v) is 10.2. The van der Waals surface area contributed by atoms with Crippen LogP contribution in [0, 0.1) is 0 Å². The van der Waals surface area contributed by atoms with Crippen LogP contribution in [0.15, 0.2) is 65.5 Å². The van der Waals surface area contributed by atoms with Gasteiger partial charge in [0.2, 0.25) is 5.91 Å². The van der Waals surface area contributed by atoms with Crippen LogP contribution in [0.2, 0.25) is 0 Å². The first-order valence-electron chi connectivity index (χ1n) is 10.2. The van der Waals surface area contributed by atoms with E-state index in [4.69, 9.17) is 4.42 Å². The number of likely N-dealkylation sites (tertiary alicyclic amines) is 1. The van der Waals surface area contributed by atoms with Gasteiger partial charge in [0.1, 0.15) is 0 Å². The number of pyridine rings is 1. The highest BCUT2D eigenvalue weighted by Gasteiger charge is 2.21. The topological polar surface area (TPSA) is 71.3 Å². The smallest absolute Gasteiger partial charge is 0.220 e. The van der Waals surface area contributed by atoms with Crippen molar-refractivity contribution in [3.63, 3.8) is 0 Å². The van der Waals surface area contributed by atoms with Gasteiger partial charge in [0, 0.05) is 56.5 Å². The summed E-state index contributed by atoms with van der Waals surface area (Å²) in [5.41, 5.74) is 2.23. The molecular weight excluding hydrogens is 364 g/mol. The van der Waals surface area contributed by atoms with Crippen molar-refractivity contribution in [3.8, 4) is 11.3 Å². The molecular formula is C23H26N4O2. The molecule has 6 heteroatoms. The molecule has 6 nitrogen and oxygen atoms in total. The molecule has 1 amide bonds. The number of carbonyl (C=O) groups excluding carboxylic acids is 1. The van der Waals surface area contributed by atoms with Crippen LogP contribution in [0.25, 0.3) is 11.3 Å². The highest BCUT2D eigenvalue weighted by molar-refractivity contribution is 5.76. The summed E-state index contributed by atoms with van der Waals surface area (Å²) in [4.78, 5) is 23.2. The Hall–Kier alpha value is -2.99. The van der Waals surface area contributed by atoms with Crippen molar-refractivity contribution in [2.24, 2.45) is 0 Å². The Balaban J connectivity index is 1.18. The molecule has 150 valence electrons. The third-order valence-electron chi connectivity index (χ3n) is 5.26. The van der Waals surface area contributed by atoms with E-state index in [1.54, 1.807) is 12.4 Å². The van der Waals surface area contributed by atoms with Crippen molar-refractivity contribution in [3.05, 3.63) is 72.5 Å². The number of nitrogens with zero attached hydrogens (tertiary/aromatic N) is 3. The molecule has 0 spiro atoms. The average molecular weight is 390 g/mol. The molecule has 3 heterocycles. The minimum Gasteiger partial charge on any atom is -0.441 e. The maximum atomic E-state index is 12.3. The molecule has 0 aliphatic carbocycles. The second-order valence-electron chi connectivity index (χ2n) is 7.46. The number of piperidine rings is 1. The van der Waals surface area contributed by atoms with E-state index in [-0.39, 0.29) is 11.9 Å². The SMILES string of the molecule is O=C(CCc1ncc(-c2ccccc2)o1)NC1CCN(Cc2cccnc2)CC1. The maximum Gasteiger partial charge on any atom is 0.220 e. The van der Waals surface area contributed by atoms with E-state index in [1.165, 1.54) is 5.56 Å². The lowest BCUT2D eigenvalue weighted by Gasteiger charge is -2.32. The van der Waals surface area contributed by atoms with Crippen LogP contribution < -0.4 is 5.32 Å². The second-order valence-corrected chi connectivity index (χ2v) is 7.46. The van der Waals surface area contributed by atoms with E-state index in [0.717, 1.165) is 43.8 Å². The van der Waals surface area contributed by atoms with Crippen LogP contribution >= 0.6 is 0 Å². The summed E-state index contributed by atoms with van der Waals surface area (Å²) >= 11 is 0. The van der Waals surface area contributed by atoms with Crippen molar-refractivity contribution in [2.45, 2.75) is 38.3 Å². The molecule has 1 fully saturated rings. The highest BCUT2D eigenvalue weighted by Crippen LogP contribution is 2.20. The van der Waals surface area contributed by atoms with Crippen molar-refractivity contribution >= 4 is 5.91 Å². The average Bonchev–Trinajstić information content (AvgIpc) is 3.24. The van der Waals surface area contributed by atoms with Gasteiger partial charge < -0.3 is 9.73 Å². The number of oxazole rings is 1. The fourth-order valence-corrected chi connectivity index (χ4v) is 3.67. The number of benzene rings is 1. The number of aromatic nitrogens is 2. The first kappa shape index (κ1) is 19.3. The molecule has 0 atom stereocenters. The number of nitrogens with one attached hydrogen (secondary N) is 1. The van der Waals surface area contributed by atoms with Crippen molar-refractivity contribution in [1.82, 2.24) is 20.2 Å². The lowest BCUT2D eigenvalue weighted by atomic mass is 10.0. The zero-order valence-corrected chi connectivity index (χ0v) is 16.5. The van der Waals surface area contributed by atoms with Gasteiger partial charge in [-0.15, -0.1) is 0 Å². The normalized spacial score (nSPS) is 15.3. The highest BCUT2D eigenvalue weighted by atomic mass is 16.4. The molecule has 2 aromatic heterocycles. The van der Waals surface area contributed by atoms with E-state index in [1.807, 2.05) is 42.6 Å². The number of carbonyl (C=O) groups is 1. The Labute approximate surface area is 171 Å². The van der Waals surface area contributed by atoms with Crippen molar-refractivity contribution < 1.29 is 9.21 Å². The van der Waals surface area contributed by atoms with E-state index in [2.05, 4.69) is 26.3 Å². The predicted octanol–water partition coefficient (Wildman–Crippen LogP) is 3.45. The van der Waals surface area contributed by atoms with Crippen LogP contribution in [-0.4, -0.2) is 39.9 Å². The molecule has 29 heavy (non-hydrogen) atoms. The quantitative estimate of drug-likeness (QED) is 0.669. The number of aryl methyl sites for hydroxylation is 1. The minimum absolute atomic E-state index is 0.0650. The Kier molecular flexibility index (Phi) is 6.32. The summed E-state index contributed by atoms with van der Waals surface area (Å²) < 4.78 is 5.78. The molecule has 0 radical (unpaired) electrons. The Morgan fingerprint density at radius 1 is 1.10 bits per heavy atom. The standard InChI is InChI=1S/C23H26N4O2/c28-22(8-9-23-25-16-21(29-23)19-6-2-1-3-7-19)26-20-10-13-27(14-11-20)17-18-5-4-12-24-15-18/h1-7,12,15-16,20H,8-11,13-14,17H2,(H,26,28). The Morgan fingerprint density at radius 2 is 1.93 bits per heavy atom. The van der Waals surface area contributed by atoms with E-state index >= 15 is 0 Å². The van der Waals surface area contributed by atoms with Crippen molar-refractivity contribution in [2.75, 3.05) is 13.1 Å². The first-order chi connectivity index (χ1) is 14.3. The minimum atomic E-state index is 0.0650. The van der Waals surface area contributed by atoms with Gasteiger partial charge in [-0.2, -0.15) is 0 Å². The predicted molar refractivity (Wildman–Crippen MR) is 111 cm³/mol. The number of hydrogen-bond donors (Lipinski definition) is 1. The van der Waals surface area contributed by atoms with Gasteiger partial charge in [-0.1, -0.05) is 36.4 Å². The molecule has 0 unspecified atom stereocenters. The number of hydrogen-bond acceptors (Lipinski definition) is 5. The summed E-state index contributed by atoms with van der Waals surface area (Å²) in [5.74, 6) is 1.41. The molecule has 1 saturated heterocycles. The van der Waals surface area contributed by atoms with E-state index in [0.29, 0.717) is 18.7 Å². The molecule has 1 aromatic carbocycles.